The summed E-state index contributed by atoms with van der Waals surface area (Å²) >= 11 is 8.87. The van der Waals surface area contributed by atoms with Crippen molar-refractivity contribution in [2.75, 3.05) is 11.4 Å². The van der Waals surface area contributed by atoms with E-state index >= 15 is 0 Å². The van der Waals surface area contributed by atoms with Crippen molar-refractivity contribution in [1.29, 1.82) is 0 Å². The lowest BCUT2D eigenvalue weighted by Gasteiger charge is -2.19. The number of nitrogens with zero attached hydrogens (tertiary/aromatic N) is 2. The molecule has 0 bridgehead atoms. The lowest BCUT2D eigenvalue weighted by atomic mass is 10.2. The van der Waals surface area contributed by atoms with Crippen molar-refractivity contribution in [2.24, 2.45) is 0 Å². The van der Waals surface area contributed by atoms with Crippen LogP contribution in [0.1, 0.15) is 4.88 Å². The maximum atomic E-state index is 12.9. The van der Waals surface area contributed by atoms with Crippen LogP contribution in [0, 0.1) is 0 Å². The molecular weight excluding hydrogens is 426 g/mol. The van der Waals surface area contributed by atoms with Crippen molar-refractivity contribution in [1.82, 2.24) is 9.97 Å². The molecule has 6 nitrogen and oxygen atoms in total. The third-order valence-electron chi connectivity index (χ3n) is 4.11. The number of rotatable bonds is 5. The van der Waals surface area contributed by atoms with Crippen LogP contribution >= 0.6 is 34.3 Å². The van der Waals surface area contributed by atoms with Crippen molar-refractivity contribution < 1.29 is 13.5 Å². The van der Waals surface area contributed by atoms with Crippen LogP contribution in [0.25, 0.3) is 21.6 Å². The van der Waals surface area contributed by atoms with E-state index in [1.807, 2.05) is 6.07 Å². The van der Waals surface area contributed by atoms with E-state index in [-0.39, 0.29) is 10.8 Å². The number of fused-ring (bicyclic) bond motifs is 1. The molecule has 10 heteroatoms. The number of aliphatic hydroxyl groups is 1. The Morgan fingerprint density at radius 3 is 2.81 bits per heavy atom. The van der Waals surface area contributed by atoms with Gasteiger partial charge in [-0.3, -0.25) is 4.31 Å². The van der Waals surface area contributed by atoms with Crippen molar-refractivity contribution in [3.63, 3.8) is 0 Å². The molecule has 0 radical (unpaired) electrons. The Bertz CT molecular complexity index is 1210. The number of benzene rings is 1. The summed E-state index contributed by atoms with van der Waals surface area (Å²) in [6.45, 7) is -0.0777. The topological polar surface area (TPSA) is 86.3 Å². The highest BCUT2D eigenvalue weighted by Gasteiger charge is 2.25. The SMILES string of the molecule is CN(c1ccc(Cl)c2cc(-c3ncc(CO)s3)[nH]c12)S(=O)(=O)c1cccs1. The number of hydrogen-bond acceptors (Lipinski definition) is 6. The second-order valence-corrected chi connectivity index (χ2v) is 10.4. The molecule has 0 spiro atoms. The summed E-state index contributed by atoms with van der Waals surface area (Å²) in [5.41, 5.74) is 1.82. The fraction of sp³-hybridized carbons (Fsp3) is 0.118. The van der Waals surface area contributed by atoms with E-state index in [0.717, 1.165) is 4.88 Å². The summed E-state index contributed by atoms with van der Waals surface area (Å²) in [7, 11) is -2.15. The van der Waals surface area contributed by atoms with Gasteiger partial charge in [0, 0.05) is 18.6 Å². The van der Waals surface area contributed by atoms with Gasteiger partial charge in [-0.15, -0.1) is 22.7 Å². The molecule has 3 aromatic heterocycles. The first kappa shape index (κ1) is 18.5. The fourth-order valence-electron chi connectivity index (χ4n) is 2.73. The summed E-state index contributed by atoms with van der Waals surface area (Å²) in [6.07, 6.45) is 1.61. The molecule has 0 atom stereocenters. The summed E-state index contributed by atoms with van der Waals surface area (Å²) in [6, 6.07) is 8.48. The standard InChI is InChI=1S/C17H14ClN3O3S3/c1-21(27(23,24)15-3-2-6-25-15)14-5-4-12(18)11-7-13(20-16(11)14)17-19-8-10(9-22)26-17/h2-8,20,22H,9H2,1H3. The number of aromatic nitrogens is 2. The second kappa shape index (κ2) is 6.92. The number of anilines is 1. The summed E-state index contributed by atoms with van der Waals surface area (Å²) in [5.74, 6) is 0. The van der Waals surface area contributed by atoms with Gasteiger partial charge in [-0.1, -0.05) is 17.7 Å². The van der Waals surface area contributed by atoms with E-state index in [1.165, 1.54) is 34.0 Å². The molecule has 0 saturated heterocycles. The van der Waals surface area contributed by atoms with Gasteiger partial charge in [-0.2, -0.15) is 0 Å². The van der Waals surface area contributed by atoms with Crippen molar-refractivity contribution in [3.05, 3.63) is 51.8 Å². The molecule has 4 aromatic rings. The van der Waals surface area contributed by atoms with Gasteiger partial charge in [0.25, 0.3) is 10.0 Å². The minimum absolute atomic E-state index is 0.0777. The van der Waals surface area contributed by atoms with Crippen molar-refractivity contribution in [2.45, 2.75) is 10.8 Å². The first-order valence-electron chi connectivity index (χ1n) is 7.81. The van der Waals surface area contributed by atoms with E-state index in [1.54, 1.807) is 35.8 Å². The highest BCUT2D eigenvalue weighted by molar-refractivity contribution is 7.94. The van der Waals surface area contributed by atoms with Gasteiger partial charge in [-0.25, -0.2) is 13.4 Å². The highest BCUT2D eigenvalue weighted by Crippen LogP contribution is 2.37. The average Bonchev–Trinajstić information content (AvgIpc) is 3.40. The largest absolute Gasteiger partial charge is 0.391 e. The predicted octanol–water partition coefficient (Wildman–Crippen LogP) is 4.32. The van der Waals surface area contributed by atoms with Gasteiger partial charge in [0.1, 0.15) is 9.22 Å². The summed E-state index contributed by atoms with van der Waals surface area (Å²) < 4.78 is 27.3. The Hall–Kier alpha value is -1.91. The molecule has 0 saturated carbocycles. The van der Waals surface area contributed by atoms with Gasteiger partial charge >= 0.3 is 0 Å². The number of halogens is 1. The zero-order chi connectivity index (χ0) is 19.2. The van der Waals surface area contributed by atoms with Crippen LogP contribution < -0.4 is 4.31 Å². The first-order valence-corrected chi connectivity index (χ1v) is 11.3. The van der Waals surface area contributed by atoms with E-state index < -0.39 is 10.0 Å². The highest BCUT2D eigenvalue weighted by atomic mass is 35.5. The number of aromatic amines is 1. The Labute approximate surface area is 168 Å². The number of aliphatic hydroxyl groups excluding tert-OH is 1. The number of hydrogen-bond donors (Lipinski definition) is 2. The molecule has 3 heterocycles. The van der Waals surface area contributed by atoms with Crippen LogP contribution in [0.2, 0.25) is 5.02 Å². The lowest BCUT2D eigenvalue weighted by Crippen LogP contribution is -2.26. The van der Waals surface area contributed by atoms with Crippen LogP contribution in [-0.2, 0) is 16.6 Å². The normalized spacial score (nSPS) is 12.0. The van der Waals surface area contributed by atoms with Gasteiger partial charge < -0.3 is 10.1 Å². The number of thiazole rings is 1. The summed E-state index contributed by atoms with van der Waals surface area (Å²) in [5, 5.41) is 12.9. The van der Waals surface area contributed by atoms with Gasteiger partial charge in [0.05, 0.1) is 33.4 Å². The van der Waals surface area contributed by atoms with Crippen LogP contribution in [0.5, 0.6) is 0 Å². The smallest absolute Gasteiger partial charge is 0.273 e. The fourth-order valence-corrected chi connectivity index (χ4v) is 6.05. The van der Waals surface area contributed by atoms with Crippen LogP contribution in [0.4, 0.5) is 5.69 Å². The third-order valence-corrected chi connectivity index (χ3v) is 8.60. The Kier molecular flexibility index (Phi) is 4.73. The number of sulfonamides is 1. The molecule has 27 heavy (non-hydrogen) atoms. The zero-order valence-corrected chi connectivity index (χ0v) is 17.2. The third kappa shape index (κ3) is 3.15. The monoisotopic (exact) mass is 439 g/mol. The van der Waals surface area contributed by atoms with Crippen LogP contribution in [0.3, 0.4) is 0 Å². The van der Waals surface area contributed by atoms with E-state index in [2.05, 4.69) is 9.97 Å². The number of nitrogens with one attached hydrogen (secondary N) is 1. The van der Waals surface area contributed by atoms with E-state index in [0.29, 0.717) is 32.3 Å². The predicted molar refractivity (Wildman–Crippen MR) is 110 cm³/mol. The van der Waals surface area contributed by atoms with Crippen LogP contribution in [0.15, 0.2) is 46.1 Å². The Balaban J connectivity index is 1.85. The second-order valence-electron chi connectivity index (χ2n) is 5.73. The van der Waals surface area contributed by atoms with Gasteiger partial charge in [-0.05, 0) is 29.6 Å². The van der Waals surface area contributed by atoms with E-state index in [9.17, 15) is 13.5 Å². The summed E-state index contributed by atoms with van der Waals surface area (Å²) in [4.78, 5) is 8.28. The van der Waals surface area contributed by atoms with Gasteiger partial charge in [0.2, 0.25) is 0 Å². The number of H-pyrrole nitrogens is 1. The minimum Gasteiger partial charge on any atom is -0.391 e. The maximum Gasteiger partial charge on any atom is 0.273 e. The Morgan fingerprint density at radius 1 is 1.33 bits per heavy atom. The zero-order valence-electron chi connectivity index (χ0n) is 14.0. The Morgan fingerprint density at radius 2 is 2.15 bits per heavy atom. The minimum atomic E-state index is -3.67. The van der Waals surface area contributed by atoms with Gasteiger partial charge in [0.15, 0.2) is 0 Å². The number of thiophene rings is 1. The average molecular weight is 440 g/mol. The van der Waals surface area contributed by atoms with Crippen molar-refractivity contribution >= 4 is 60.9 Å². The molecule has 0 aliphatic heterocycles. The maximum absolute atomic E-state index is 12.9. The quantitative estimate of drug-likeness (QED) is 0.484. The molecular formula is C17H14ClN3O3S3. The van der Waals surface area contributed by atoms with Crippen molar-refractivity contribution in [3.8, 4) is 10.7 Å². The molecule has 4 rings (SSSR count). The molecule has 0 aliphatic rings. The molecule has 140 valence electrons. The molecule has 2 N–H and O–H groups in total. The molecule has 0 aliphatic carbocycles. The molecule has 0 unspecified atom stereocenters. The van der Waals surface area contributed by atoms with E-state index in [4.69, 9.17) is 11.6 Å². The molecule has 0 amide bonds. The lowest BCUT2D eigenvalue weighted by molar-refractivity contribution is 0.285. The molecule has 1 aromatic carbocycles. The first-order chi connectivity index (χ1) is 12.9. The van der Waals surface area contributed by atoms with Crippen LogP contribution in [-0.4, -0.2) is 30.5 Å². The molecule has 0 fully saturated rings.